The lowest BCUT2D eigenvalue weighted by atomic mass is 10.0. The summed E-state index contributed by atoms with van der Waals surface area (Å²) in [6, 6.07) is 11.6. The zero-order valence-corrected chi connectivity index (χ0v) is 13.0. The molecule has 3 heteroatoms. The summed E-state index contributed by atoms with van der Waals surface area (Å²) in [6.07, 6.45) is 5.28. The molecule has 2 aliphatic rings. The van der Waals surface area contributed by atoms with Crippen LogP contribution in [0.5, 0.6) is 0 Å². The molecule has 1 atom stereocenters. The van der Waals surface area contributed by atoms with Gasteiger partial charge in [0, 0.05) is 38.8 Å². The van der Waals surface area contributed by atoms with E-state index in [0.717, 1.165) is 32.3 Å². The minimum Gasteiger partial charge on any atom is -0.380 e. The van der Waals surface area contributed by atoms with Crippen LogP contribution in [0.2, 0.25) is 0 Å². The summed E-state index contributed by atoms with van der Waals surface area (Å²) in [5.74, 6) is 0. The number of piperidine rings is 1. The third-order valence-corrected chi connectivity index (χ3v) is 4.76. The average Bonchev–Trinajstić information content (AvgIpc) is 2.79. The zero-order valence-electron chi connectivity index (χ0n) is 13.0. The van der Waals surface area contributed by atoms with Crippen molar-refractivity contribution < 1.29 is 4.74 Å². The maximum Gasteiger partial charge on any atom is 0.0593 e. The van der Waals surface area contributed by atoms with E-state index in [1.54, 1.807) is 0 Å². The number of nitrogens with zero attached hydrogens (tertiary/aromatic N) is 2. The number of rotatable bonds is 4. The van der Waals surface area contributed by atoms with Gasteiger partial charge in [-0.15, -0.1) is 0 Å². The molecule has 0 aliphatic carbocycles. The van der Waals surface area contributed by atoms with Crippen LogP contribution in [-0.4, -0.2) is 55.2 Å². The van der Waals surface area contributed by atoms with Crippen LogP contribution >= 0.6 is 0 Å². The molecule has 0 amide bonds. The molecule has 0 aromatic heterocycles. The summed E-state index contributed by atoms with van der Waals surface area (Å²) in [5, 5.41) is 0. The van der Waals surface area contributed by atoms with Gasteiger partial charge in [-0.05, 0) is 31.4 Å². The van der Waals surface area contributed by atoms with Crippen molar-refractivity contribution in [2.45, 2.75) is 38.3 Å². The highest BCUT2D eigenvalue weighted by molar-refractivity contribution is 5.14. The van der Waals surface area contributed by atoms with Crippen LogP contribution in [0.1, 0.15) is 31.2 Å². The van der Waals surface area contributed by atoms with E-state index >= 15 is 0 Å². The van der Waals surface area contributed by atoms with Crippen molar-refractivity contribution in [2.75, 3.05) is 39.4 Å². The first-order chi connectivity index (χ1) is 10.4. The van der Waals surface area contributed by atoms with Gasteiger partial charge < -0.3 is 4.74 Å². The smallest absolute Gasteiger partial charge is 0.0593 e. The van der Waals surface area contributed by atoms with Crippen molar-refractivity contribution in [1.82, 2.24) is 9.80 Å². The molecule has 2 fully saturated rings. The van der Waals surface area contributed by atoms with Gasteiger partial charge in [-0.2, -0.15) is 0 Å². The molecule has 1 aromatic carbocycles. The SMILES string of the molecule is c1ccc(CN2CCCCC2CN2CCCOCC2)cc1. The van der Waals surface area contributed by atoms with E-state index in [0.29, 0.717) is 0 Å². The van der Waals surface area contributed by atoms with Gasteiger partial charge >= 0.3 is 0 Å². The zero-order chi connectivity index (χ0) is 14.3. The first kappa shape index (κ1) is 15.0. The summed E-state index contributed by atoms with van der Waals surface area (Å²) in [6.45, 7) is 7.74. The van der Waals surface area contributed by atoms with E-state index in [4.69, 9.17) is 4.74 Å². The molecule has 0 spiro atoms. The lowest BCUT2D eigenvalue weighted by Gasteiger charge is -2.38. The van der Waals surface area contributed by atoms with Crippen LogP contribution in [0.4, 0.5) is 0 Å². The molecule has 1 unspecified atom stereocenters. The van der Waals surface area contributed by atoms with Gasteiger partial charge in [0.2, 0.25) is 0 Å². The van der Waals surface area contributed by atoms with Gasteiger partial charge in [-0.1, -0.05) is 36.8 Å². The molecule has 21 heavy (non-hydrogen) atoms. The van der Waals surface area contributed by atoms with Crippen molar-refractivity contribution in [2.24, 2.45) is 0 Å². The van der Waals surface area contributed by atoms with Gasteiger partial charge in [0.1, 0.15) is 0 Å². The van der Waals surface area contributed by atoms with Crippen molar-refractivity contribution in [3.05, 3.63) is 35.9 Å². The van der Waals surface area contributed by atoms with Gasteiger partial charge in [-0.25, -0.2) is 0 Å². The van der Waals surface area contributed by atoms with Crippen LogP contribution in [0.3, 0.4) is 0 Å². The van der Waals surface area contributed by atoms with Crippen LogP contribution in [-0.2, 0) is 11.3 Å². The summed E-state index contributed by atoms with van der Waals surface area (Å²) >= 11 is 0. The second kappa shape index (κ2) is 7.92. The molecule has 2 heterocycles. The highest BCUT2D eigenvalue weighted by atomic mass is 16.5. The molecule has 3 rings (SSSR count). The summed E-state index contributed by atoms with van der Waals surface area (Å²) in [5.41, 5.74) is 1.45. The molecule has 0 radical (unpaired) electrons. The van der Waals surface area contributed by atoms with E-state index in [2.05, 4.69) is 40.1 Å². The van der Waals surface area contributed by atoms with Crippen molar-refractivity contribution >= 4 is 0 Å². The van der Waals surface area contributed by atoms with Crippen LogP contribution in [0, 0.1) is 0 Å². The molecule has 1 aromatic rings. The molecule has 3 nitrogen and oxygen atoms in total. The number of ether oxygens (including phenoxy) is 1. The molecule has 0 saturated carbocycles. The third kappa shape index (κ3) is 4.53. The molecule has 2 aliphatic heterocycles. The van der Waals surface area contributed by atoms with Gasteiger partial charge in [0.15, 0.2) is 0 Å². The molecule has 0 N–H and O–H groups in total. The summed E-state index contributed by atoms with van der Waals surface area (Å²) < 4.78 is 5.58. The Balaban J connectivity index is 1.58. The van der Waals surface area contributed by atoms with Crippen LogP contribution in [0.15, 0.2) is 30.3 Å². The van der Waals surface area contributed by atoms with Gasteiger partial charge in [0.25, 0.3) is 0 Å². The Morgan fingerprint density at radius 1 is 0.952 bits per heavy atom. The lowest BCUT2D eigenvalue weighted by molar-refractivity contribution is 0.0925. The third-order valence-electron chi connectivity index (χ3n) is 4.76. The standard InChI is InChI=1S/C18H28N2O/c1-2-7-17(8-3-1)15-20-11-5-4-9-18(20)16-19-10-6-13-21-14-12-19/h1-3,7-8,18H,4-6,9-16H2. The molecule has 116 valence electrons. The fourth-order valence-electron chi connectivity index (χ4n) is 3.57. The Morgan fingerprint density at radius 2 is 1.86 bits per heavy atom. The van der Waals surface area contributed by atoms with Crippen molar-refractivity contribution in [1.29, 1.82) is 0 Å². The Kier molecular flexibility index (Phi) is 5.67. The Hall–Kier alpha value is -0.900. The Bertz CT molecular complexity index is 401. The van der Waals surface area contributed by atoms with E-state index in [1.807, 2.05) is 0 Å². The number of hydrogen-bond acceptors (Lipinski definition) is 3. The fraction of sp³-hybridized carbons (Fsp3) is 0.667. The maximum atomic E-state index is 5.58. The highest BCUT2D eigenvalue weighted by Crippen LogP contribution is 2.21. The van der Waals surface area contributed by atoms with Gasteiger partial charge in [0.05, 0.1) is 6.61 Å². The predicted molar refractivity (Wildman–Crippen MR) is 86.4 cm³/mol. The van der Waals surface area contributed by atoms with E-state index < -0.39 is 0 Å². The lowest BCUT2D eigenvalue weighted by Crippen LogP contribution is -2.46. The number of hydrogen-bond donors (Lipinski definition) is 0. The average molecular weight is 288 g/mol. The first-order valence-corrected chi connectivity index (χ1v) is 8.50. The van der Waals surface area contributed by atoms with Crippen LogP contribution in [0.25, 0.3) is 0 Å². The van der Waals surface area contributed by atoms with Crippen molar-refractivity contribution in [3.63, 3.8) is 0 Å². The van der Waals surface area contributed by atoms with E-state index in [1.165, 1.54) is 50.9 Å². The summed E-state index contributed by atoms with van der Waals surface area (Å²) in [7, 11) is 0. The molecular weight excluding hydrogens is 260 g/mol. The minimum atomic E-state index is 0.719. The maximum absolute atomic E-state index is 5.58. The van der Waals surface area contributed by atoms with Crippen LogP contribution < -0.4 is 0 Å². The highest BCUT2D eigenvalue weighted by Gasteiger charge is 2.24. The minimum absolute atomic E-state index is 0.719. The summed E-state index contributed by atoms with van der Waals surface area (Å²) in [4.78, 5) is 5.31. The fourth-order valence-corrected chi connectivity index (χ4v) is 3.57. The topological polar surface area (TPSA) is 15.7 Å². The quantitative estimate of drug-likeness (QED) is 0.847. The first-order valence-electron chi connectivity index (χ1n) is 8.50. The normalized spacial score (nSPS) is 25.6. The second-order valence-electron chi connectivity index (χ2n) is 6.37. The second-order valence-corrected chi connectivity index (χ2v) is 6.37. The molecular formula is C18H28N2O. The Labute approximate surface area is 128 Å². The van der Waals surface area contributed by atoms with Gasteiger partial charge in [-0.3, -0.25) is 9.80 Å². The largest absolute Gasteiger partial charge is 0.380 e. The number of likely N-dealkylation sites (tertiary alicyclic amines) is 1. The number of benzene rings is 1. The van der Waals surface area contributed by atoms with Crippen molar-refractivity contribution in [3.8, 4) is 0 Å². The van der Waals surface area contributed by atoms with E-state index in [-0.39, 0.29) is 0 Å². The predicted octanol–water partition coefficient (Wildman–Crippen LogP) is 2.76. The molecule has 2 saturated heterocycles. The monoisotopic (exact) mass is 288 g/mol. The molecule has 0 bridgehead atoms. The Morgan fingerprint density at radius 3 is 2.76 bits per heavy atom. The van der Waals surface area contributed by atoms with E-state index in [9.17, 15) is 0 Å².